The summed E-state index contributed by atoms with van der Waals surface area (Å²) in [6.07, 6.45) is 3.27. The monoisotopic (exact) mass is 270 g/mol. The largest absolute Gasteiger partial charge is 0.385 e. The molecule has 1 rings (SSSR count). The fourth-order valence-electron chi connectivity index (χ4n) is 1.85. The van der Waals surface area contributed by atoms with Gasteiger partial charge in [-0.15, -0.1) is 11.3 Å². The molecule has 3 nitrogen and oxygen atoms in total. The summed E-state index contributed by atoms with van der Waals surface area (Å²) in [6, 6.07) is 0. The third kappa shape index (κ3) is 5.04. The summed E-state index contributed by atoms with van der Waals surface area (Å²) in [5.41, 5.74) is 1.27. The van der Waals surface area contributed by atoms with Crippen LogP contribution in [0.25, 0.3) is 0 Å². The molecule has 0 aliphatic rings. The molecule has 0 fully saturated rings. The first-order valence-electron chi connectivity index (χ1n) is 6.87. The minimum Gasteiger partial charge on any atom is -0.385 e. The Kier molecular flexibility index (Phi) is 7.47. The van der Waals surface area contributed by atoms with Crippen molar-refractivity contribution < 1.29 is 4.74 Å². The van der Waals surface area contributed by atoms with Crippen molar-refractivity contribution in [3.63, 3.8) is 0 Å². The second-order valence-electron chi connectivity index (χ2n) is 4.84. The maximum absolute atomic E-state index is 5.09. The van der Waals surface area contributed by atoms with Gasteiger partial charge in [0.05, 0.1) is 10.7 Å². The number of nitrogens with zero attached hydrogens (tertiary/aromatic N) is 1. The van der Waals surface area contributed by atoms with Crippen molar-refractivity contribution in [2.24, 2.45) is 0 Å². The number of hydrogen-bond donors (Lipinski definition) is 1. The summed E-state index contributed by atoms with van der Waals surface area (Å²) in [5, 5.41) is 4.73. The third-order valence-corrected chi connectivity index (χ3v) is 3.90. The van der Waals surface area contributed by atoms with E-state index in [9.17, 15) is 0 Å². The Morgan fingerprint density at radius 1 is 1.39 bits per heavy atom. The van der Waals surface area contributed by atoms with Crippen LogP contribution in [0.5, 0.6) is 0 Å². The molecule has 1 N–H and O–H groups in total. The van der Waals surface area contributed by atoms with Gasteiger partial charge in [-0.3, -0.25) is 0 Å². The lowest BCUT2D eigenvalue weighted by Crippen LogP contribution is -2.14. The van der Waals surface area contributed by atoms with Crippen LogP contribution in [0.4, 0.5) is 0 Å². The highest BCUT2D eigenvalue weighted by molar-refractivity contribution is 7.11. The first kappa shape index (κ1) is 15.6. The molecule has 0 aliphatic carbocycles. The van der Waals surface area contributed by atoms with Crippen LogP contribution in [0.15, 0.2) is 0 Å². The number of aromatic nitrogens is 1. The molecule has 0 saturated heterocycles. The van der Waals surface area contributed by atoms with E-state index in [-0.39, 0.29) is 0 Å². The first-order valence-corrected chi connectivity index (χ1v) is 7.68. The number of aryl methyl sites for hydroxylation is 1. The Balaban J connectivity index is 2.61. The summed E-state index contributed by atoms with van der Waals surface area (Å²) in [7, 11) is 1.75. The zero-order valence-corrected chi connectivity index (χ0v) is 12.9. The predicted octanol–water partition coefficient (Wildman–Crippen LogP) is 3.35. The summed E-state index contributed by atoms with van der Waals surface area (Å²) in [5.74, 6) is 0.510. The van der Waals surface area contributed by atoms with Crippen LogP contribution >= 0.6 is 11.3 Å². The number of methoxy groups -OCH3 is 1. The van der Waals surface area contributed by atoms with E-state index in [1.165, 1.54) is 22.0 Å². The van der Waals surface area contributed by atoms with Crippen LogP contribution < -0.4 is 5.32 Å². The molecule has 0 aromatic carbocycles. The Morgan fingerprint density at radius 2 is 2.17 bits per heavy atom. The third-order valence-electron chi connectivity index (χ3n) is 2.77. The maximum Gasteiger partial charge on any atom is 0.0932 e. The van der Waals surface area contributed by atoms with E-state index < -0.39 is 0 Å². The van der Waals surface area contributed by atoms with Gasteiger partial charge in [0.2, 0.25) is 0 Å². The highest BCUT2D eigenvalue weighted by Crippen LogP contribution is 2.25. The summed E-state index contributed by atoms with van der Waals surface area (Å²) >= 11 is 1.86. The molecule has 0 aliphatic heterocycles. The van der Waals surface area contributed by atoms with E-state index in [0.717, 1.165) is 32.5 Å². The average Bonchev–Trinajstić information content (AvgIpc) is 2.73. The number of rotatable bonds is 9. The average molecular weight is 270 g/mol. The second kappa shape index (κ2) is 8.62. The Hall–Kier alpha value is -0.450. The van der Waals surface area contributed by atoms with E-state index in [4.69, 9.17) is 9.72 Å². The molecule has 0 radical (unpaired) electrons. The van der Waals surface area contributed by atoms with Crippen molar-refractivity contribution in [1.29, 1.82) is 0 Å². The molecule has 4 heteroatoms. The molecule has 1 aromatic rings. The molecule has 0 unspecified atom stereocenters. The molecule has 1 aromatic heterocycles. The van der Waals surface area contributed by atoms with Crippen molar-refractivity contribution in [1.82, 2.24) is 10.3 Å². The molecule has 0 spiro atoms. The van der Waals surface area contributed by atoms with Gasteiger partial charge in [0.15, 0.2) is 0 Å². The van der Waals surface area contributed by atoms with E-state index in [2.05, 4.69) is 26.1 Å². The van der Waals surface area contributed by atoms with E-state index in [1.54, 1.807) is 7.11 Å². The lowest BCUT2D eigenvalue weighted by atomic mass is 10.1. The quantitative estimate of drug-likeness (QED) is 0.699. The van der Waals surface area contributed by atoms with Crippen molar-refractivity contribution in [2.75, 3.05) is 20.3 Å². The molecule has 1 heterocycles. The van der Waals surface area contributed by atoms with Crippen molar-refractivity contribution in [2.45, 2.75) is 52.5 Å². The topological polar surface area (TPSA) is 34.1 Å². The van der Waals surface area contributed by atoms with E-state index >= 15 is 0 Å². The van der Waals surface area contributed by atoms with E-state index in [1.807, 2.05) is 11.3 Å². The molecular formula is C14H26N2OS. The number of ether oxygens (including phenoxy) is 1. The molecule has 0 amide bonds. The van der Waals surface area contributed by atoms with Crippen molar-refractivity contribution in [3.8, 4) is 0 Å². The highest BCUT2D eigenvalue weighted by atomic mass is 32.1. The zero-order valence-electron chi connectivity index (χ0n) is 12.1. The van der Waals surface area contributed by atoms with Gasteiger partial charge >= 0.3 is 0 Å². The van der Waals surface area contributed by atoms with Crippen LogP contribution in [0.1, 0.15) is 55.1 Å². The Morgan fingerprint density at radius 3 is 2.78 bits per heavy atom. The molecule has 104 valence electrons. The number of hydrogen-bond acceptors (Lipinski definition) is 4. The molecule has 0 saturated carbocycles. The number of nitrogens with one attached hydrogen (secondary N) is 1. The van der Waals surface area contributed by atoms with Gasteiger partial charge < -0.3 is 10.1 Å². The molecular weight excluding hydrogens is 244 g/mol. The Labute approximate surface area is 115 Å². The predicted molar refractivity (Wildman–Crippen MR) is 78.4 cm³/mol. The van der Waals surface area contributed by atoms with Crippen molar-refractivity contribution >= 4 is 11.3 Å². The molecule has 18 heavy (non-hydrogen) atoms. The highest BCUT2D eigenvalue weighted by Gasteiger charge is 2.13. The van der Waals surface area contributed by atoms with Gasteiger partial charge in [0, 0.05) is 31.6 Å². The number of thiazole rings is 1. The van der Waals surface area contributed by atoms with Gasteiger partial charge in [-0.2, -0.15) is 0 Å². The first-order chi connectivity index (χ1) is 8.69. The molecule has 0 atom stereocenters. The van der Waals surface area contributed by atoms with Crippen LogP contribution in [-0.2, 0) is 17.7 Å². The van der Waals surface area contributed by atoms with Crippen LogP contribution in [0.2, 0.25) is 0 Å². The molecule has 0 bridgehead atoms. The van der Waals surface area contributed by atoms with Gasteiger partial charge in [-0.25, -0.2) is 4.98 Å². The summed E-state index contributed by atoms with van der Waals surface area (Å²) in [4.78, 5) is 6.19. The lowest BCUT2D eigenvalue weighted by Gasteiger charge is -2.05. The van der Waals surface area contributed by atoms with Crippen LogP contribution in [0.3, 0.4) is 0 Å². The van der Waals surface area contributed by atoms with Crippen LogP contribution in [0, 0.1) is 0 Å². The standard InChI is InChI=1S/C14H26N2OS/c1-5-8-15-10-12-14(11(2)3)16-13(18-12)7-6-9-17-4/h11,15H,5-10H2,1-4H3. The summed E-state index contributed by atoms with van der Waals surface area (Å²) < 4.78 is 5.09. The Bertz CT molecular complexity index is 337. The van der Waals surface area contributed by atoms with Gasteiger partial charge in [0.1, 0.15) is 0 Å². The minimum atomic E-state index is 0.510. The van der Waals surface area contributed by atoms with E-state index in [0.29, 0.717) is 5.92 Å². The summed E-state index contributed by atoms with van der Waals surface area (Å²) in [6.45, 7) is 9.49. The van der Waals surface area contributed by atoms with Crippen LogP contribution in [-0.4, -0.2) is 25.2 Å². The lowest BCUT2D eigenvalue weighted by molar-refractivity contribution is 0.195. The van der Waals surface area contributed by atoms with Crippen molar-refractivity contribution in [3.05, 3.63) is 15.6 Å². The van der Waals surface area contributed by atoms with Gasteiger partial charge in [-0.1, -0.05) is 20.8 Å². The fourth-order valence-corrected chi connectivity index (χ4v) is 3.08. The van der Waals surface area contributed by atoms with Gasteiger partial charge in [0.25, 0.3) is 0 Å². The maximum atomic E-state index is 5.09. The van der Waals surface area contributed by atoms with Gasteiger partial charge in [-0.05, 0) is 25.3 Å². The minimum absolute atomic E-state index is 0.510. The second-order valence-corrected chi connectivity index (χ2v) is 6.01. The SMILES string of the molecule is CCCNCc1sc(CCCOC)nc1C(C)C. The normalized spacial score (nSPS) is 11.4. The smallest absolute Gasteiger partial charge is 0.0932 e. The zero-order chi connectivity index (χ0) is 13.4. The fraction of sp³-hybridized carbons (Fsp3) is 0.786.